The van der Waals surface area contributed by atoms with Crippen molar-refractivity contribution in [2.24, 2.45) is 20.5 Å². The van der Waals surface area contributed by atoms with E-state index in [0.717, 1.165) is 22.9 Å². The number of hydrogen-bond donors (Lipinski definition) is 4. The van der Waals surface area contributed by atoms with Crippen LogP contribution in [0.25, 0.3) is 43.1 Å². The van der Waals surface area contributed by atoms with Gasteiger partial charge in [0, 0.05) is 38.4 Å². The topological polar surface area (TPSA) is 245 Å². The van der Waals surface area contributed by atoms with E-state index in [1.165, 1.54) is 30.3 Å². The van der Waals surface area contributed by atoms with Crippen molar-refractivity contribution < 1.29 is 65.8 Å². The molecule has 0 spiro atoms. The van der Waals surface area contributed by atoms with Crippen LogP contribution >= 0.6 is 0 Å². The Balaban J connectivity index is 0.000000189. The molecular weight excluding hydrogens is 826 g/mol. The van der Waals surface area contributed by atoms with Crippen molar-refractivity contribution in [1.82, 2.24) is 0 Å². The summed E-state index contributed by atoms with van der Waals surface area (Å²) in [5.41, 5.74) is 0.214. The molecule has 0 amide bonds. The number of fused-ring (bicyclic) bond motifs is 4. The Kier molecular flexibility index (Phi) is 11.3. The Morgan fingerprint density at radius 2 is 0.772 bits per heavy atom. The van der Waals surface area contributed by atoms with Crippen LogP contribution in [0, 0.1) is 0 Å². The Morgan fingerprint density at radius 3 is 1.30 bits per heavy atom. The summed E-state index contributed by atoms with van der Waals surface area (Å²) in [4.78, 5) is -0.922. The molecule has 0 aliphatic rings. The van der Waals surface area contributed by atoms with Gasteiger partial charge in [-0.25, -0.2) is 0 Å². The zero-order valence-electron chi connectivity index (χ0n) is 29.3. The molecule has 0 bridgehead atoms. The normalized spacial score (nSPS) is 12.0. The Labute approximate surface area is 337 Å². The van der Waals surface area contributed by atoms with Crippen LogP contribution in [0.5, 0.6) is 23.0 Å². The molecule has 57 heavy (non-hydrogen) atoms. The van der Waals surface area contributed by atoms with E-state index in [1.54, 1.807) is 66.7 Å². The number of aromatic hydroxyl groups is 2. The molecule has 0 aliphatic carbocycles. The van der Waals surface area contributed by atoms with Crippen molar-refractivity contribution in [3.05, 3.63) is 133 Å². The van der Waals surface area contributed by atoms with Gasteiger partial charge in [-0.1, -0.05) is 127 Å². The van der Waals surface area contributed by atoms with Gasteiger partial charge in [-0.05, 0) is 22.9 Å². The fraction of sp³-hybridized carbons (Fsp3) is 0. The van der Waals surface area contributed by atoms with Crippen molar-refractivity contribution >= 4 is 86.1 Å². The first-order valence-corrected chi connectivity index (χ1v) is 19.3. The van der Waals surface area contributed by atoms with Crippen LogP contribution in [-0.2, 0) is 39.7 Å². The fourth-order valence-corrected chi connectivity index (χ4v) is 7.57. The molecule has 14 nitrogen and oxygen atoms in total. The van der Waals surface area contributed by atoms with Crippen LogP contribution in [0.2, 0.25) is 0 Å². The molecule has 8 rings (SSSR count). The van der Waals surface area contributed by atoms with Gasteiger partial charge in [0.2, 0.25) is 0 Å². The monoisotopic (exact) mass is 850 g/mol. The van der Waals surface area contributed by atoms with Crippen LogP contribution in [0.15, 0.2) is 164 Å². The summed E-state index contributed by atoms with van der Waals surface area (Å²) in [5, 5.41) is 65.1. The SMILES string of the molecule is O=S(=O)(O)c1cc(O)c(N=Nc2c(O)ccc3ccccc23)c2ccccc12.O=S(=O)(O)c1cc([O-])c(N=Nc2c([O-])ccc3ccccc23)c2ccccc12.[Zn+2]. The second-order valence-corrected chi connectivity index (χ2v) is 15.0. The van der Waals surface area contributed by atoms with Gasteiger partial charge in [0.05, 0.1) is 11.4 Å². The van der Waals surface area contributed by atoms with Crippen LogP contribution in [0.3, 0.4) is 0 Å². The first kappa shape index (κ1) is 40.3. The molecule has 8 aromatic carbocycles. The van der Waals surface area contributed by atoms with Crippen LogP contribution in [-0.4, -0.2) is 36.2 Å². The number of rotatable bonds is 6. The maximum Gasteiger partial charge on any atom is 2.00 e. The third-order valence-corrected chi connectivity index (χ3v) is 10.5. The third kappa shape index (κ3) is 8.14. The van der Waals surface area contributed by atoms with E-state index in [4.69, 9.17) is 0 Å². The summed E-state index contributed by atoms with van der Waals surface area (Å²) in [6, 6.07) is 34.9. The molecule has 17 heteroatoms. The number of nitrogens with zero attached hydrogens (tertiary/aromatic N) is 4. The smallest absolute Gasteiger partial charge is 0.871 e. The summed E-state index contributed by atoms with van der Waals surface area (Å²) in [6.45, 7) is 0. The Bertz CT molecular complexity index is 2950. The van der Waals surface area contributed by atoms with Gasteiger partial charge in [-0.2, -0.15) is 27.1 Å². The van der Waals surface area contributed by atoms with Crippen LogP contribution in [0.4, 0.5) is 22.7 Å². The third-order valence-electron chi connectivity index (χ3n) is 8.70. The number of azo groups is 2. The average Bonchev–Trinajstić information content (AvgIpc) is 3.17. The summed E-state index contributed by atoms with van der Waals surface area (Å²) in [7, 11) is -9.14. The summed E-state index contributed by atoms with van der Waals surface area (Å²) >= 11 is 0. The van der Waals surface area contributed by atoms with Crippen molar-refractivity contribution in [3.8, 4) is 23.0 Å². The summed E-state index contributed by atoms with van der Waals surface area (Å²) in [5.74, 6) is -1.63. The number of benzene rings is 8. The molecule has 8 aromatic rings. The predicted octanol–water partition coefficient (Wildman–Crippen LogP) is 8.87. The molecule has 0 atom stereocenters. The molecular formula is C40H26N4O10S2Zn. The standard InChI is InChI=1S/2C20H14N2O5S.Zn/c2*23-16-10-9-12-5-1-2-6-13(12)19(16)21-22-20-15-8-4-3-7-14(15)18(11-17(20)24)28(25,26)27;/h2*1-11,23-24H,(H,25,26,27);/q;;+2/p-2. The quantitative estimate of drug-likeness (QED) is 0.0703. The van der Waals surface area contributed by atoms with Crippen molar-refractivity contribution in [2.75, 3.05) is 0 Å². The largest absolute Gasteiger partial charge is 2.00 e. The second-order valence-electron chi connectivity index (χ2n) is 12.2. The van der Waals surface area contributed by atoms with Gasteiger partial charge in [0.25, 0.3) is 20.2 Å². The van der Waals surface area contributed by atoms with Gasteiger partial charge in [-0.3, -0.25) is 9.11 Å². The molecule has 0 aromatic heterocycles. The predicted molar refractivity (Wildman–Crippen MR) is 206 cm³/mol. The second kappa shape index (κ2) is 16.0. The summed E-state index contributed by atoms with van der Waals surface area (Å²) < 4.78 is 65.3. The van der Waals surface area contributed by atoms with E-state index >= 15 is 0 Å². The van der Waals surface area contributed by atoms with Crippen molar-refractivity contribution in [3.63, 3.8) is 0 Å². The molecule has 4 N–H and O–H groups in total. The van der Waals surface area contributed by atoms with Crippen molar-refractivity contribution in [1.29, 1.82) is 0 Å². The van der Waals surface area contributed by atoms with Gasteiger partial charge >= 0.3 is 19.5 Å². The van der Waals surface area contributed by atoms with Gasteiger partial charge in [-0.15, -0.1) is 10.2 Å². The van der Waals surface area contributed by atoms with Crippen LogP contribution in [0.1, 0.15) is 0 Å². The van der Waals surface area contributed by atoms with E-state index in [-0.39, 0.29) is 69.9 Å². The first-order valence-electron chi connectivity index (χ1n) is 16.4. The Hall–Kier alpha value is -6.36. The number of hydrogen-bond acceptors (Lipinski definition) is 12. The van der Waals surface area contributed by atoms with Gasteiger partial charge in [0.1, 0.15) is 32.7 Å². The van der Waals surface area contributed by atoms with E-state index in [2.05, 4.69) is 20.5 Å². The molecule has 0 unspecified atom stereocenters. The molecule has 0 saturated carbocycles. The maximum absolute atomic E-state index is 12.5. The van der Waals surface area contributed by atoms with Crippen LogP contribution < -0.4 is 10.2 Å². The van der Waals surface area contributed by atoms with E-state index < -0.39 is 41.5 Å². The molecule has 0 saturated heterocycles. The molecule has 0 heterocycles. The van der Waals surface area contributed by atoms with Crippen molar-refractivity contribution in [2.45, 2.75) is 9.79 Å². The van der Waals surface area contributed by atoms with E-state index in [0.29, 0.717) is 16.2 Å². The number of phenols is 2. The van der Waals surface area contributed by atoms with Gasteiger partial charge in [0.15, 0.2) is 0 Å². The minimum atomic E-state index is -4.59. The fourth-order valence-electron chi connectivity index (χ4n) is 6.14. The Morgan fingerprint density at radius 1 is 0.404 bits per heavy atom. The molecule has 0 fully saturated rings. The van der Waals surface area contributed by atoms with E-state index in [9.17, 15) is 46.4 Å². The molecule has 0 radical (unpaired) electrons. The van der Waals surface area contributed by atoms with Gasteiger partial charge < -0.3 is 20.4 Å². The van der Waals surface area contributed by atoms with E-state index in [1.807, 2.05) is 24.3 Å². The zero-order chi connectivity index (χ0) is 39.8. The maximum atomic E-state index is 12.5. The molecule has 280 valence electrons. The summed E-state index contributed by atoms with van der Waals surface area (Å²) in [6.07, 6.45) is 0. The first-order chi connectivity index (χ1) is 26.7. The molecule has 0 aliphatic heterocycles. The average molecular weight is 852 g/mol. The number of phenolic OH excluding ortho intramolecular Hbond substituents is 2. The minimum absolute atomic E-state index is 0. The minimum Gasteiger partial charge on any atom is -0.871 e. The zero-order valence-corrected chi connectivity index (χ0v) is 33.9.